The number of benzene rings is 1. The van der Waals surface area contributed by atoms with Crippen LogP contribution in [0.15, 0.2) is 39.9 Å². The van der Waals surface area contributed by atoms with Crippen LogP contribution in [0, 0.1) is 0 Å². The maximum Gasteiger partial charge on any atom is 0.282 e. The van der Waals surface area contributed by atoms with Gasteiger partial charge in [-0.1, -0.05) is 27.5 Å². The molecular weight excluding hydrogens is 436 g/mol. The molecule has 0 saturated carbocycles. The van der Waals surface area contributed by atoms with E-state index >= 15 is 0 Å². The lowest BCUT2D eigenvalue weighted by atomic mass is 10.1. The molecule has 1 aromatic carbocycles. The fourth-order valence-electron chi connectivity index (χ4n) is 2.23. The first-order valence-corrected chi connectivity index (χ1v) is 8.28. The van der Waals surface area contributed by atoms with Crippen molar-refractivity contribution in [2.24, 2.45) is 0 Å². The maximum atomic E-state index is 13.3. The van der Waals surface area contributed by atoms with Gasteiger partial charge in [-0.2, -0.15) is 5.10 Å². The van der Waals surface area contributed by atoms with Crippen molar-refractivity contribution in [1.82, 2.24) is 19.7 Å². The van der Waals surface area contributed by atoms with Crippen molar-refractivity contribution in [1.29, 1.82) is 0 Å². The van der Waals surface area contributed by atoms with E-state index in [0.717, 1.165) is 0 Å². The Morgan fingerprint density at radius 2 is 1.96 bits per heavy atom. The van der Waals surface area contributed by atoms with Crippen LogP contribution in [0.4, 0.5) is 14.7 Å². The number of carbonyl (C=O) groups excluding carboxylic acids is 1. The molecule has 0 radical (unpaired) electrons. The molecule has 134 valence electrons. The summed E-state index contributed by atoms with van der Waals surface area (Å²) in [7, 11) is 0. The van der Waals surface area contributed by atoms with Gasteiger partial charge in [0.15, 0.2) is 0 Å². The van der Waals surface area contributed by atoms with Gasteiger partial charge < -0.3 is 0 Å². The van der Waals surface area contributed by atoms with E-state index in [1.807, 2.05) is 0 Å². The number of alkyl halides is 2. The summed E-state index contributed by atoms with van der Waals surface area (Å²) in [6.07, 6.45) is -0.365. The first-order valence-electron chi connectivity index (χ1n) is 7.11. The molecule has 3 aromatic rings. The summed E-state index contributed by atoms with van der Waals surface area (Å²) < 4.78 is 27.9. The fraction of sp³-hybridized carbons (Fsp3) is 0.133. The number of halogens is 4. The number of rotatable bonds is 4. The molecule has 0 saturated heterocycles. The highest BCUT2D eigenvalue weighted by Crippen LogP contribution is 2.26. The van der Waals surface area contributed by atoms with E-state index in [0.29, 0.717) is 9.15 Å². The molecule has 0 fully saturated rings. The number of nitrogens with zero attached hydrogens (tertiary/aromatic N) is 4. The van der Waals surface area contributed by atoms with Gasteiger partial charge in [-0.05, 0) is 18.2 Å². The van der Waals surface area contributed by atoms with Crippen LogP contribution >= 0.6 is 27.5 Å². The highest BCUT2D eigenvalue weighted by molar-refractivity contribution is 9.10. The van der Waals surface area contributed by atoms with Crippen LogP contribution in [0.3, 0.4) is 0 Å². The van der Waals surface area contributed by atoms with E-state index in [2.05, 4.69) is 36.3 Å². The Balaban J connectivity index is 1.95. The van der Waals surface area contributed by atoms with Gasteiger partial charge in [-0.3, -0.25) is 14.9 Å². The monoisotopic (exact) mass is 443 g/mol. The first-order chi connectivity index (χ1) is 12.3. The molecule has 0 unspecified atom stereocenters. The SMILES string of the molecule is O=C(Cn1nc(C(F)F)c2cc(Br)ccc2c1=O)Nc1ncc(Cl)cn1. The van der Waals surface area contributed by atoms with Crippen molar-refractivity contribution in [2.45, 2.75) is 13.0 Å². The molecule has 1 N–H and O–H groups in total. The lowest BCUT2D eigenvalue weighted by molar-refractivity contribution is -0.117. The number of nitrogens with one attached hydrogen (secondary N) is 1. The molecule has 0 aliphatic heterocycles. The highest BCUT2D eigenvalue weighted by atomic mass is 79.9. The molecule has 0 aliphatic carbocycles. The second-order valence-electron chi connectivity index (χ2n) is 5.11. The van der Waals surface area contributed by atoms with Crippen molar-refractivity contribution in [3.63, 3.8) is 0 Å². The van der Waals surface area contributed by atoms with Gasteiger partial charge in [0, 0.05) is 9.86 Å². The summed E-state index contributed by atoms with van der Waals surface area (Å²) in [6, 6.07) is 4.33. The average molecular weight is 445 g/mol. The highest BCUT2D eigenvalue weighted by Gasteiger charge is 2.19. The van der Waals surface area contributed by atoms with E-state index in [1.54, 1.807) is 6.07 Å². The third kappa shape index (κ3) is 3.86. The van der Waals surface area contributed by atoms with Crippen molar-refractivity contribution in [2.75, 3.05) is 5.32 Å². The number of hydrogen-bond acceptors (Lipinski definition) is 5. The second kappa shape index (κ2) is 7.42. The van der Waals surface area contributed by atoms with Crippen LogP contribution in [0.1, 0.15) is 12.1 Å². The molecule has 3 rings (SSSR count). The minimum absolute atomic E-state index is 0.0251. The normalized spacial score (nSPS) is 11.1. The lowest BCUT2D eigenvalue weighted by Gasteiger charge is -2.11. The van der Waals surface area contributed by atoms with Gasteiger partial charge >= 0.3 is 0 Å². The second-order valence-corrected chi connectivity index (χ2v) is 6.46. The van der Waals surface area contributed by atoms with Gasteiger partial charge in [0.25, 0.3) is 12.0 Å². The zero-order chi connectivity index (χ0) is 18.8. The topological polar surface area (TPSA) is 89.8 Å². The number of fused-ring (bicyclic) bond motifs is 1. The zero-order valence-electron chi connectivity index (χ0n) is 12.8. The predicted octanol–water partition coefficient (Wildman–Crippen LogP) is 3.18. The van der Waals surface area contributed by atoms with Crippen LogP contribution in [0.2, 0.25) is 5.02 Å². The first kappa shape index (κ1) is 18.3. The van der Waals surface area contributed by atoms with E-state index in [-0.39, 0.29) is 21.7 Å². The van der Waals surface area contributed by atoms with E-state index in [9.17, 15) is 18.4 Å². The van der Waals surface area contributed by atoms with Crippen LogP contribution in [-0.2, 0) is 11.3 Å². The van der Waals surface area contributed by atoms with Gasteiger partial charge in [0.05, 0.1) is 22.8 Å². The predicted molar refractivity (Wildman–Crippen MR) is 94.3 cm³/mol. The van der Waals surface area contributed by atoms with Gasteiger partial charge in [0.2, 0.25) is 11.9 Å². The molecule has 7 nitrogen and oxygen atoms in total. The van der Waals surface area contributed by atoms with Crippen molar-refractivity contribution < 1.29 is 13.6 Å². The van der Waals surface area contributed by atoms with Crippen LogP contribution in [0.25, 0.3) is 10.8 Å². The van der Waals surface area contributed by atoms with Crippen LogP contribution < -0.4 is 10.9 Å². The van der Waals surface area contributed by atoms with Gasteiger partial charge in [-0.25, -0.2) is 23.4 Å². The summed E-state index contributed by atoms with van der Waals surface area (Å²) in [4.78, 5) is 32.1. The third-order valence-corrected chi connectivity index (χ3v) is 4.01. The molecule has 2 aromatic heterocycles. The molecule has 0 bridgehead atoms. The standard InChI is InChI=1S/C15H9BrClF2N5O2/c16-7-1-2-9-10(3-7)12(13(18)19)23-24(14(9)26)6-11(25)22-15-20-4-8(17)5-21-15/h1-5,13H,6H2,(H,20,21,22,25). The summed E-state index contributed by atoms with van der Waals surface area (Å²) in [6.45, 7) is -0.573. The molecule has 1 amide bonds. The van der Waals surface area contributed by atoms with Gasteiger partial charge in [0.1, 0.15) is 12.2 Å². The maximum absolute atomic E-state index is 13.3. The fourth-order valence-corrected chi connectivity index (χ4v) is 2.69. The Hall–Kier alpha value is -2.46. The number of anilines is 1. The summed E-state index contributed by atoms with van der Waals surface area (Å²) >= 11 is 8.82. The van der Waals surface area contributed by atoms with Crippen molar-refractivity contribution >= 4 is 50.2 Å². The van der Waals surface area contributed by atoms with Gasteiger partial charge in [-0.15, -0.1) is 0 Å². The molecule has 26 heavy (non-hydrogen) atoms. The molecule has 0 spiro atoms. The Morgan fingerprint density at radius 1 is 1.27 bits per heavy atom. The number of aromatic nitrogens is 4. The van der Waals surface area contributed by atoms with Crippen LogP contribution in [-0.4, -0.2) is 25.7 Å². The Bertz CT molecular complexity index is 1040. The Morgan fingerprint density at radius 3 is 2.62 bits per heavy atom. The third-order valence-electron chi connectivity index (χ3n) is 3.32. The van der Waals surface area contributed by atoms with E-state index in [1.165, 1.54) is 24.5 Å². The van der Waals surface area contributed by atoms with Crippen molar-refractivity contribution in [3.8, 4) is 0 Å². The minimum Gasteiger partial charge on any atom is -0.293 e. The molecule has 0 atom stereocenters. The van der Waals surface area contributed by atoms with E-state index < -0.39 is 30.1 Å². The van der Waals surface area contributed by atoms with E-state index in [4.69, 9.17) is 11.6 Å². The van der Waals surface area contributed by atoms with Crippen molar-refractivity contribution in [3.05, 3.63) is 56.1 Å². The Labute approximate surface area is 158 Å². The molecular formula is C15H9BrClF2N5O2. The quantitative estimate of drug-likeness (QED) is 0.668. The number of hydrogen-bond donors (Lipinski definition) is 1. The number of amides is 1. The summed E-state index contributed by atoms with van der Waals surface area (Å²) in [5.41, 5.74) is -1.25. The Kier molecular flexibility index (Phi) is 5.23. The summed E-state index contributed by atoms with van der Waals surface area (Å²) in [5.74, 6) is -0.732. The number of carbonyl (C=O) groups is 1. The molecule has 0 aliphatic rings. The smallest absolute Gasteiger partial charge is 0.282 e. The zero-order valence-corrected chi connectivity index (χ0v) is 15.1. The summed E-state index contributed by atoms with van der Waals surface area (Å²) in [5, 5.41) is 6.33. The van der Waals surface area contributed by atoms with Crippen LogP contribution in [0.5, 0.6) is 0 Å². The molecule has 11 heteroatoms. The molecule has 2 heterocycles. The lowest BCUT2D eigenvalue weighted by Crippen LogP contribution is -2.31. The average Bonchev–Trinajstić information content (AvgIpc) is 2.59. The largest absolute Gasteiger partial charge is 0.293 e. The minimum atomic E-state index is -2.92.